The van der Waals surface area contributed by atoms with E-state index in [0.29, 0.717) is 35.6 Å². The summed E-state index contributed by atoms with van der Waals surface area (Å²) in [6.07, 6.45) is 0.612. The largest absolute Gasteiger partial charge is 0.369 e. The third-order valence-corrected chi connectivity index (χ3v) is 3.86. The predicted molar refractivity (Wildman–Crippen MR) is 97.8 cm³/mol. The van der Waals surface area contributed by atoms with Gasteiger partial charge in [0.05, 0.1) is 0 Å². The lowest BCUT2D eigenvalue weighted by Crippen LogP contribution is -2.09. The van der Waals surface area contributed by atoms with Gasteiger partial charge in [-0.05, 0) is 31.2 Å². The Morgan fingerprint density at radius 3 is 2.60 bits per heavy atom. The summed E-state index contributed by atoms with van der Waals surface area (Å²) in [6, 6.07) is 9.27. The summed E-state index contributed by atoms with van der Waals surface area (Å²) >= 11 is 5.89. The van der Waals surface area contributed by atoms with Crippen LogP contribution in [-0.2, 0) is 6.42 Å². The zero-order valence-electron chi connectivity index (χ0n) is 14.5. The van der Waals surface area contributed by atoms with Crippen LogP contribution in [0.25, 0.3) is 11.4 Å². The van der Waals surface area contributed by atoms with Gasteiger partial charge in [0.2, 0.25) is 11.7 Å². The minimum Gasteiger partial charge on any atom is -0.369 e. The highest BCUT2D eigenvalue weighted by molar-refractivity contribution is 6.30. The Balaban J connectivity index is 1.60. The van der Waals surface area contributed by atoms with E-state index in [0.717, 1.165) is 22.9 Å². The molecular weight excluding hydrogens is 338 g/mol. The summed E-state index contributed by atoms with van der Waals surface area (Å²) in [4.78, 5) is 13.4. The number of benzene rings is 1. The van der Waals surface area contributed by atoms with Crippen molar-refractivity contribution in [3.8, 4) is 11.4 Å². The second kappa shape index (κ2) is 7.61. The van der Waals surface area contributed by atoms with Gasteiger partial charge in [-0.2, -0.15) is 4.98 Å². The van der Waals surface area contributed by atoms with Crippen LogP contribution in [0.1, 0.15) is 37.2 Å². The first kappa shape index (κ1) is 17.4. The van der Waals surface area contributed by atoms with E-state index < -0.39 is 0 Å². The number of hydrogen-bond acceptors (Lipinski definition) is 6. The first-order valence-electron chi connectivity index (χ1n) is 8.19. The van der Waals surface area contributed by atoms with Crippen LogP contribution in [-0.4, -0.2) is 26.7 Å². The molecule has 0 aliphatic heterocycles. The Morgan fingerprint density at radius 2 is 1.88 bits per heavy atom. The Kier molecular flexibility index (Phi) is 5.28. The van der Waals surface area contributed by atoms with Gasteiger partial charge in [-0.15, -0.1) is 0 Å². The number of nitrogens with zero attached hydrogens (tertiary/aromatic N) is 4. The van der Waals surface area contributed by atoms with Crippen LogP contribution in [0.3, 0.4) is 0 Å². The second-order valence-corrected chi connectivity index (χ2v) is 6.54. The SMILES string of the molecule is Cc1cc(NCCc2nc(-c3ccc(Cl)cc3)no2)nc(C(C)C)n1. The fourth-order valence-corrected chi connectivity index (χ4v) is 2.44. The van der Waals surface area contributed by atoms with Crippen molar-refractivity contribution in [2.45, 2.75) is 33.1 Å². The molecule has 25 heavy (non-hydrogen) atoms. The fourth-order valence-electron chi connectivity index (χ4n) is 2.31. The summed E-state index contributed by atoms with van der Waals surface area (Å²) in [5.41, 5.74) is 1.82. The highest BCUT2D eigenvalue weighted by Crippen LogP contribution is 2.19. The molecule has 3 rings (SSSR count). The van der Waals surface area contributed by atoms with Crippen LogP contribution < -0.4 is 5.32 Å². The molecule has 0 fully saturated rings. The van der Waals surface area contributed by atoms with Gasteiger partial charge < -0.3 is 9.84 Å². The standard InChI is InChI=1S/C18H20ClN5O/c1-11(2)17-21-12(3)10-15(22-17)20-9-8-16-23-18(24-25-16)13-4-6-14(19)7-5-13/h4-7,10-11H,8-9H2,1-3H3,(H,20,21,22). The van der Waals surface area contributed by atoms with E-state index in [-0.39, 0.29) is 0 Å². The quantitative estimate of drug-likeness (QED) is 0.710. The van der Waals surface area contributed by atoms with Crippen molar-refractivity contribution in [3.63, 3.8) is 0 Å². The molecule has 0 radical (unpaired) electrons. The molecule has 0 bridgehead atoms. The van der Waals surface area contributed by atoms with E-state index in [2.05, 4.69) is 39.3 Å². The number of anilines is 1. The lowest BCUT2D eigenvalue weighted by molar-refractivity contribution is 0.381. The zero-order valence-corrected chi connectivity index (χ0v) is 15.2. The Morgan fingerprint density at radius 1 is 1.12 bits per heavy atom. The number of nitrogens with one attached hydrogen (secondary N) is 1. The molecule has 6 nitrogen and oxygen atoms in total. The lowest BCUT2D eigenvalue weighted by Gasteiger charge is -2.09. The normalized spacial score (nSPS) is 11.1. The number of aryl methyl sites for hydroxylation is 1. The van der Waals surface area contributed by atoms with Gasteiger partial charge in [-0.25, -0.2) is 9.97 Å². The molecule has 1 N–H and O–H groups in total. The number of aromatic nitrogens is 4. The predicted octanol–water partition coefficient (Wildman–Crippen LogP) is 4.27. The van der Waals surface area contributed by atoms with Gasteiger partial charge in [-0.1, -0.05) is 30.6 Å². The van der Waals surface area contributed by atoms with Crippen molar-refractivity contribution in [1.82, 2.24) is 20.1 Å². The third-order valence-electron chi connectivity index (χ3n) is 3.60. The Labute approximate surface area is 151 Å². The molecule has 0 saturated carbocycles. The lowest BCUT2D eigenvalue weighted by atomic mass is 10.2. The maximum absolute atomic E-state index is 5.89. The van der Waals surface area contributed by atoms with E-state index in [1.165, 1.54) is 0 Å². The van der Waals surface area contributed by atoms with Crippen molar-refractivity contribution < 1.29 is 4.52 Å². The van der Waals surface area contributed by atoms with E-state index in [9.17, 15) is 0 Å². The number of rotatable bonds is 6. The maximum Gasteiger partial charge on any atom is 0.228 e. The van der Waals surface area contributed by atoms with Gasteiger partial charge in [-0.3, -0.25) is 0 Å². The van der Waals surface area contributed by atoms with E-state index in [1.54, 1.807) is 12.1 Å². The average molecular weight is 358 g/mol. The summed E-state index contributed by atoms with van der Waals surface area (Å²) in [5, 5.41) is 7.98. The molecule has 0 amide bonds. The van der Waals surface area contributed by atoms with E-state index in [4.69, 9.17) is 16.1 Å². The highest BCUT2D eigenvalue weighted by atomic mass is 35.5. The van der Waals surface area contributed by atoms with E-state index in [1.807, 2.05) is 25.1 Å². The topological polar surface area (TPSA) is 76.7 Å². The molecule has 0 spiro atoms. The minimum atomic E-state index is 0.290. The molecule has 7 heteroatoms. The van der Waals surface area contributed by atoms with Crippen LogP contribution in [0.15, 0.2) is 34.9 Å². The summed E-state index contributed by atoms with van der Waals surface area (Å²) < 4.78 is 5.31. The van der Waals surface area contributed by atoms with Crippen molar-refractivity contribution in [3.05, 3.63) is 52.8 Å². The molecule has 0 aliphatic carbocycles. The number of halogens is 1. The van der Waals surface area contributed by atoms with Crippen molar-refractivity contribution in [2.24, 2.45) is 0 Å². The van der Waals surface area contributed by atoms with Gasteiger partial charge in [0.1, 0.15) is 11.6 Å². The molecule has 130 valence electrons. The van der Waals surface area contributed by atoms with E-state index >= 15 is 0 Å². The van der Waals surface area contributed by atoms with Crippen LogP contribution in [0, 0.1) is 6.92 Å². The van der Waals surface area contributed by atoms with Crippen LogP contribution in [0.4, 0.5) is 5.82 Å². The molecule has 0 unspecified atom stereocenters. The molecule has 0 atom stereocenters. The second-order valence-electron chi connectivity index (χ2n) is 6.10. The fraction of sp³-hybridized carbons (Fsp3) is 0.333. The Hall–Kier alpha value is -2.47. The molecule has 0 aliphatic rings. The maximum atomic E-state index is 5.89. The third kappa shape index (κ3) is 4.54. The van der Waals surface area contributed by atoms with Crippen LogP contribution in [0.5, 0.6) is 0 Å². The summed E-state index contributed by atoms with van der Waals surface area (Å²) in [5.74, 6) is 3.08. The Bertz CT molecular complexity index is 845. The average Bonchev–Trinajstić information content (AvgIpc) is 3.04. The molecule has 2 aromatic heterocycles. The van der Waals surface area contributed by atoms with Crippen molar-refractivity contribution in [2.75, 3.05) is 11.9 Å². The minimum absolute atomic E-state index is 0.290. The van der Waals surface area contributed by atoms with Crippen molar-refractivity contribution in [1.29, 1.82) is 0 Å². The summed E-state index contributed by atoms with van der Waals surface area (Å²) in [7, 11) is 0. The molecule has 1 aromatic carbocycles. The smallest absolute Gasteiger partial charge is 0.228 e. The summed E-state index contributed by atoms with van der Waals surface area (Å²) in [6.45, 7) is 6.77. The zero-order chi connectivity index (χ0) is 17.8. The first-order chi connectivity index (χ1) is 12.0. The molecule has 0 saturated heterocycles. The van der Waals surface area contributed by atoms with Gasteiger partial charge in [0, 0.05) is 41.2 Å². The van der Waals surface area contributed by atoms with Gasteiger partial charge >= 0.3 is 0 Å². The van der Waals surface area contributed by atoms with Crippen LogP contribution >= 0.6 is 11.6 Å². The van der Waals surface area contributed by atoms with Crippen LogP contribution in [0.2, 0.25) is 5.02 Å². The van der Waals surface area contributed by atoms with Gasteiger partial charge in [0.15, 0.2) is 0 Å². The molecular formula is C18H20ClN5O. The molecule has 3 aromatic rings. The van der Waals surface area contributed by atoms with Gasteiger partial charge in [0.25, 0.3) is 0 Å². The first-order valence-corrected chi connectivity index (χ1v) is 8.57. The molecule has 2 heterocycles. The highest BCUT2D eigenvalue weighted by Gasteiger charge is 2.09. The number of hydrogen-bond donors (Lipinski definition) is 1. The van der Waals surface area contributed by atoms with Crippen molar-refractivity contribution >= 4 is 17.4 Å². The monoisotopic (exact) mass is 357 g/mol.